The molecule has 102 valence electrons. The molecule has 0 atom stereocenters. The Labute approximate surface area is 110 Å². The zero-order chi connectivity index (χ0) is 14.1. The highest BCUT2D eigenvalue weighted by Gasteiger charge is 2.59. The maximum absolute atomic E-state index is 12.2. The van der Waals surface area contributed by atoms with Gasteiger partial charge in [-0.1, -0.05) is 11.6 Å². The molecule has 0 radical (unpaired) electrons. The van der Waals surface area contributed by atoms with E-state index in [0.29, 0.717) is 0 Å². The number of hydrogen-bond acceptors (Lipinski definition) is 2. The first kappa shape index (κ1) is 15.4. The third-order valence-corrected chi connectivity index (χ3v) is 2.30. The van der Waals surface area contributed by atoms with E-state index < -0.39 is 29.4 Å². The zero-order valence-corrected chi connectivity index (χ0v) is 10.5. The van der Waals surface area contributed by atoms with Crippen molar-refractivity contribution in [3.8, 4) is 5.88 Å². The number of ether oxygens (including phenoxy) is 1. The summed E-state index contributed by atoms with van der Waals surface area (Å²) in [7, 11) is 0. The summed E-state index contributed by atoms with van der Waals surface area (Å²) in [5, 5.41) is -0.470. The lowest BCUT2D eigenvalue weighted by Crippen LogP contribution is -2.46. The quantitative estimate of drug-likeness (QED) is 0.733. The summed E-state index contributed by atoms with van der Waals surface area (Å²) in [6.45, 7) is 0. The van der Waals surface area contributed by atoms with Crippen molar-refractivity contribution in [1.82, 2.24) is 4.98 Å². The van der Waals surface area contributed by atoms with Gasteiger partial charge in [-0.2, -0.15) is 26.3 Å². The van der Waals surface area contributed by atoms with Crippen molar-refractivity contribution in [3.63, 3.8) is 0 Å². The van der Waals surface area contributed by atoms with Gasteiger partial charge < -0.3 is 4.74 Å². The molecule has 0 spiro atoms. The van der Waals surface area contributed by atoms with Crippen LogP contribution in [0.3, 0.4) is 0 Å². The Morgan fingerprint density at radius 3 is 2.06 bits per heavy atom. The minimum Gasteiger partial charge on any atom is -0.454 e. The Bertz CT molecular complexity index is 421. The molecule has 1 heterocycles. The second-order valence-corrected chi connectivity index (χ2v) is 4.34. The Balaban J connectivity index is 3.05. The lowest BCUT2D eigenvalue weighted by Gasteiger charge is -2.23. The first-order chi connectivity index (χ1) is 8.01. The Kier molecular flexibility index (Phi) is 4.37. The van der Waals surface area contributed by atoms with Crippen LogP contribution in [0.1, 0.15) is 0 Å². The average molecular weight is 358 g/mol. The summed E-state index contributed by atoms with van der Waals surface area (Å²) in [5.74, 6) is -0.945. The molecule has 0 aliphatic heterocycles. The van der Waals surface area contributed by atoms with Crippen molar-refractivity contribution < 1.29 is 31.1 Å². The standard InChI is InChI=1S/C8H3BrClF6NO/c9-3-1-4(10)5(17-2-3)18-6(7(11,12)13)8(14,15)16/h1-2,6H. The van der Waals surface area contributed by atoms with Crippen LogP contribution in [-0.4, -0.2) is 23.4 Å². The van der Waals surface area contributed by atoms with Gasteiger partial charge in [-0.25, -0.2) is 4.98 Å². The summed E-state index contributed by atoms with van der Waals surface area (Å²) in [6, 6.07) is 1.06. The van der Waals surface area contributed by atoms with Gasteiger partial charge in [0, 0.05) is 10.7 Å². The van der Waals surface area contributed by atoms with Crippen LogP contribution in [-0.2, 0) is 0 Å². The number of aromatic nitrogens is 1. The molecule has 0 saturated carbocycles. The van der Waals surface area contributed by atoms with Crippen LogP contribution in [0.15, 0.2) is 16.7 Å². The number of hydrogen-bond donors (Lipinski definition) is 0. The molecule has 0 aliphatic carbocycles. The van der Waals surface area contributed by atoms with Crippen LogP contribution in [0.4, 0.5) is 26.3 Å². The number of nitrogens with zero attached hydrogens (tertiary/aromatic N) is 1. The number of pyridine rings is 1. The normalized spacial score (nSPS) is 12.9. The lowest BCUT2D eigenvalue weighted by atomic mass is 10.3. The van der Waals surface area contributed by atoms with Crippen LogP contribution < -0.4 is 4.74 Å². The van der Waals surface area contributed by atoms with E-state index in [9.17, 15) is 26.3 Å². The van der Waals surface area contributed by atoms with Crippen molar-refractivity contribution in [2.75, 3.05) is 0 Å². The van der Waals surface area contributed by atoms with Crippen LogP contribution in [0.5, 0.6) is 5.88 Å². The largest absolute Gasteiger partial charge is 0.454 e. The predicted molar refractivity (Wildman–Crippen MR) is 53.5 cm³/mol. The van der Waals surface area contributed by atoms with Crippen LogP contribution in [0, 0.1) is 0 Å². The highest BCUT2D eigenvalue weighted by atomic mass is 79.9. The molecule has 0 amide bonds. The Morgan fingerprint density at radius 1 is 1.17 bits per heavy atom. The van der Waals surface area contributed by atoms with Crippen LogP contribution in [0.2, 0.25) is 5.02 Å². The maximum Gasteiger partial charge on any atom is 0.434 e. The molecule has 0 N–H and O–H groups in total. The van der Waals surface area contributed by atoms with Crippen molar-refractivity contribution in [2.24, 2.45) is 0 Å². The molecule has 1 aromatic heterocycles. The van der Waals surface area contributed by atoms with Crippen molar-refractivity contribution >= 4 is 27.5 Å². The molecular weight excluding hydrogens is 355 g/mol. The number of rotatable bonds is 2. The molecule has 0 saturated heterocycles. The minimum atomic E-state index is -5.61. The molecule has 10 heteroatoms. The Morgan fingerprint density at radius 2 is 1.67 bits per heavy atom. The fourth-order valence-electron chi connectivity index (χ4n) is 0.920. The number of halogens is 8. The van der Waals surface area contributed by atoms with E-state index >= 15 is 0 Å². The van der Waals surface area contributed by atoms with Crippen molar-refractivity contribution in [3.05, 3.63) is 21.8 Å². The molecule has 0 fully saturated rings. The highest BCUT2D eigenvalue weighted by Crippen LogP contribution is 2.37. The van der Waals surface area contributed by atoms with Gasteiger partial charge in [0.2, 0.25) is 5.88 Å². The van der Waals surface area contributed by atoms with Gasteiger partial charge >= 0.3 is 12.4 Å². The highest BCUT2D eigenvalue weighted by molar-refractivity contribution is 9.10. The van der Waals surface area contributed by atoms with E-state index in [1.165, 1.54) is 0 Å². The van der Waals surface area contributed by atoms with Gasteiger partial charge in [-0.05, 0) is 22.0 Å². The molecule has 0 bridgehead atoms. The molecule has 18 heavy (non-hydrogen) atoms. The van der Waals surface area contributed by atoms with Crippen LogP contribution in [0.25, 0.3) is 0 Å². The second kappa shape index (κ2) is 5.12. The lowest BCUT2D eigenvalue weighted by molar-refractivity contribution is -0.300. The predicted octanol–water partition coefficient (Wildman–Crippen LogP) is 4.37. The van der Waals surface area contributed by atoms with Crippen molar-refractivity contribution in [1.29, 1.82) is 0 Å². The summed E-state index contributed by atoms with van der Waals surface area (Å²) in [4.78, 5) is 3.24. The second-order valence-electron chi connectivity index (χ2n) is 3.02. The third kappa shape index (κ3) is 3.91. The van der Waals surface area contributed by atoms with E-state index in [-0.39, 0.29) is 4.47 Å². The van der Waals surface area contributed by atoms with E-state index in [4.69, 9.17) is 11.6 Å². The fourth-order valence-corrected chi connectivity index (χ4v) is 1.59. The average Bonchev–Trinajstić information content (AvgIpc) is 2.12. The third-order valence-electron chi connectivity index (χ3n) is 1.60. The van der Waals surface area contributed by atoms with Gasteiger partial charge in [0.1, 0.15) is 5.02 Å². The van der Waals surface area contributed by atoms with Gasteiger partial charge in [-0.15, -0.1) is 0 Å². The topological polar surface area (TPSA) is 22.1 Å². The van der Waals surface area contributed by atoms with E-state index in [1.807, 2.05) is 0 Å². The van der Waals surface area contributed by atoms with E-state index in [1.54, 1.807) is 0 Å². The van der Waals surface area contributed by atoms with Crippen molar-refractivity contribution in [2.45, 2.75) is 18.5 Å². The monoisotopic (exact) mass is 357 g/mol. The zero-order valence-electron chi connectivity index (χ0n) is 8.11. The SMILES string of the molecule is FC(F)(F)C(Oc1ncc(Br)cc1Cl)C(F)(F)F. The smallest absolute Gasteiger partial charge is 0.434 e. The van der Waals surface area contributed by atoms with Gasteiger partial charge in [0.05, 0.1) is 0 Å². The molecular formula is C8H3BrClF6NO. The Hall–Kier alpha value is -0.700. The van der Waals surface area contributed by atoms with Gasteiger partial charge in [0.15, 0.2) is 0 Å². The first-order valence-corrected chi connectivity index (χ1v) is 5.30. The van der Waals surface area contributed by atoms with E-state index in [2.05, 4.69) is 25.7 Å². The molecule has 0 aromatic carbocycles. The summed E-state index contributed by atoms with van der Waals surface area (Å²) >= 11 is 8.32. The maximum atomic E-state index is 12.2. The number of alkyl halides is 6. The van der Waals surface area contributed by atoms with Gasteiger partial charge in [-0.3, -0.25) is 0 Å². The van der Waals surface area contributed by atoms with Crippen LogP contribution >= 0.6 is 27.5 Å². The fraction of sp³-hybridized carbons (Fsp3) is 0.375. The molecule has 0 aliphatic rings. The minimum absolute atomic E-state index is 0.287. The molecule has 1 aromatic rings. The summed E-state index contributed by atoms with van der Waals surface area (Å²) in [5.41, 5.74) is 0. The molecule has 0 unspecified atom stereocenters. The summed E-state index contributed by atoms with van der Waals surface area (Å²) < 4.78 is 77.2. The first-order valence-electron chi connectivity index (χ1n) is 4.13. The van der Waals surface area contributed by atoms with E-state index in [0.717, 1.165) is 12.3 Å². The van der Waals surface area contributed by atoms with Gasteiger partial charge in [0.25, 0.3) is 6.10 Å². The molecule has 2 nitrogen and oxygen atoms in total. The summed E-state index contributed by atoms with van der Waals surface area (Å²) in [6.07, 6.45) is -14.2. The molecule has 1 rings (SSSR count).